The lowest BCUT2D eigenvalue weighted by Gasteiger charge is -2.27. The molecule has 1 aromatic heterocycles. The number of hydrogen-bond acceptors (Lipinski definition) is 6. The highest BCUT2D eigenvalue weighted by Gasteiger charge is 2.43. The highest BCUT2D eigenvalue weighted by Crippen LogP contribution is 2.47. The molecule has 1 amide bonds. The van der Waals surface area contributed by atoms with E-state index in [1.807, 2.05) is 68.4 Å². The van der Waals surface area contributed by atoms with E-state index in [-0.39, 0.29) is 11.7 Å². The van der Waals surface area contributed by atoms with Crippen molar-refractivity contribution in [2.75, 3.05) is 21.3 Å². The number of aromatic hydroxyl groups is 1. The van der Waals surface area contributed by atoms with E-state index in [0.29, 0.717) is 40.6 Å². The third-order valence-electron chi connectivity index (χ3n) is 6.80. The molecule has 8 heteroatoms. The van der Waals surface area contributed by atoms with E-state index in [1.165, 1.54) is 0 Å². The SMILES string of the molecule is COc1ccc(CN2C(=O)c3[nH]nc(-c4cc(C)cc(C)c4O)c3C2c2ccc(OC)c(OC)c2)cc1. The Balaban J connectivity index is 1.68. The average Bonchev–Trinajstić information content (AvgIpc) is 3.45. The number of aromatic nitrogens is 2. The number of ether oxygens (including phenoxy) is 3. The van der Waals surface area contributed by atoms with E-state index in [9.17, 15) is 9.90 Å². The van der Waals surface area contributed by atoms with Crippen LogP contribution in [0.4, 0.5) is 0 Å². The largest absolute Gasteiger partial charge is 0.507 e. The first-order valence-corrected chi connectivity index (χ1v) is 11.9. The van der Waals surface area contributed by atoms with Crippen LogP contribution in [0.3, 0.4) is 0 Å². The van der Waals surface area contributed by atoms with Crippen molar-refractivity contribution in [3.8, 4) is 34.3 Å². The molecule has 1 atom stereocenters. The zero-order chi connectivity index (χ0) is 26.3. The van der Waals surface area contributed by atoms with Gasteiger partial charge in [0.25, 0.3) is 5.91 Å². The van der Waals surface area contributed by atoms with Crippen LogP contribution in [-0.4, -0.2) is 47.4 Å². The number of rotatable bonds is 7. The number of amides is 1. The number of aromatic amines is 1. The molecule has 0 bridgehead atoms. The van der Waals surface area contributed by atoms with Crippen LogP contribution in [-0.2, 0) is 6.54 Å². The molecule has 0 radical (unpaired) electrons. The van der Waals surface area contributed by atoms with Crippen molar-refractivity contribution in [2.45, 2.75) is 26.4 Å². The Bertz CT molecular complexity index is 1480. The van der Waals surface area contributed by atoms with Crippen molar-refractivity contribution in [1.82, 2.24) is 15.1 Å². The molecule has 4 aromatic rings. The molecule has 0 saturated heterocycles. The van der Waals surface area contributed by atoms with E-state index in [2.05, 4.69) is 10.2 Å². The second-order valence-electron chi connectivity index (χ2n) is 9.14. The van der Waals surface area contributed by atoms with Gasteiger partial charge in [0.15, 0.2) is 11.5 Å². The molecular weight excluding hydrogens is 470 g/mol. The van der Waals surface area contributed by atoms with Gasteiger partial charge < -0.3 is 24.2 Å². The summed E-state index contributed by atoms with van der Waals surface area (Å²) in [6, 6.07) is 16.6. The van der Waals surface area contributed by atoms with Crippen LogP contribution < -0.4 is 14.2 Å². The number of aryl methyl sites for hydroxylation is 2. The van der Waals surface area contributed by atoms with E-state index in [0.717, 1.165) is 28.0 Å². The number of H-pyrrole nitrogens is 1. The molecule has 3 aromatic carbocycles. The second kappa shape index (κ2) is 9.54. The van der Waals surface area contributed by atoms with Crippen molar-refractivity contribution in [3.05, 3.63) is 88.1 Å². The van der Waals surface area contributed by atoms with Gasteiger partial charge in [-0.15, -0.1) is 0 Å². The Morgan fingerprint density at radius 1 is 0.946 bits per heavy atom. The number of methoxy groups -OCH3 is 3. The first-order chi connectivity index (χ1) is 17.9. The molecule has 0 fully saturated rings. The molecule has 5 rings (SSSR count). The quantitative estimate of drug-likeness (QED) is 0.364. The summed E-state index contributed by atoms with van der Waals surface area (Å²) < 4.78 is 16.3. The van der Waals surface area contributed by atoms with Crippen LogP contribution in [0.1, 0.15) is 44.3 Å². The summed E-state index contributed by atoms with van der Waals surface area (Å²) in [6.07, 6.45) is 0. The Morgan fingerprint density at radius 3 is 2.35 bits per heavy atom. The number of phenols is 1. The molecule has 0 spiro atoms. The fraction of sp³-hybridized carbons (Fsp3) is 0.241. The summed E-state index contributed by atoms with van der Waals surface area (Å²) in [5.74, 6) is 1.87. The fourth-order valence-electron chi connectivity index (χ4n) is 5.00. The standard InChI is InChI=1S/C29H29N3O5/c1-16-12-17(2)28(33)21(13-16)25-24-26(31-30-25)29(34)32(15-18-6-9-20(35-3)10-7-18)27(24)19-8-11-22(36-4)23(14-19)37-5/h6-14,27,33H,15H2,1-5H3,(H,30,31). The summed E-state index contributed by atoms with van der Waals surface area (Å²) in [5.41, 5.74) is 5.77. The minimum atomic E-state index is -0.474. The van der Waals surface area contributed by atoms with Crippen LogP contribution in [0.2, 0.25) is 0 Å². The molecule has 1 aliphatic heterocycles. The topological polar surface area (TPSA) is 96.9 Å². The lowest BCUT2D eigenvalue weighted by Crippen LogP contribution is -2.29. The van der Waals surface area contributed by atoms with Gasteiger partial charge in [-0.1, -0.05) is 24.3 Å². The molecule has 2 heterocycles. The van der Waals surface area contributed by atoms with Crippen LogP contribution in [0.15, 0.2) is 54.6 Å². The molecule has 8 nitrogen and oxygen atoms in total. The first-order valence-electron chi connectivity index (χ1n) is 11.9. The summed E-state index contributed by atoms with van der Waals surface area (Å²) in [6.45, 7) is 4.18. The first kappa shape index (κ1) is 24.2. The number of nitrogens with one attached hydrogen (secondary N) is 1. The predicted octanol–water partition coefficient (Wildman–Crippen LogP) is 5.17. The third kappa shape index (κ3) is 4.14. The zero-order valence-corrected chi connectivity index (χ0v) is 21.5. The number of benzene rings is 3. The van der Waals surface area contributed by atoms with E-state index < -0.39 is 6.04 Å². The van der Waals surface area contributed by atoms with Crippen LogP contribution in [0.5, 0.6) is 23.0 Å². The van der Waals surface area contributed by atoms with Crippen LogP contribution >= 0.6 is 0 Å². The third-order valence-corrected chi connectivity index (χ3v) is 6.80. The van der Waals surface area contributed by atoms with Crippen molar-refractivity contribution in [3.63, 3.8) is 0 Å². The van der Waals surface area contributed by atoms with Crippen molar-refractivity contribution in [2.24, 2.45) is 0 Å². The van der Waals surface area contributed by atoms with E-state index >= 15 is 0 Å². The monoisotopic (exact) mass is 499 g/mol. The minimum Gasteiger partial charge on any atom is -0.507 e. The number of carbonyl (C=O) groups is 1. The minimum absolute atomic E-state index is 0.145. The van der Waals surface area contributed by atoms with Crippen molar-refractivity contribution < 1.29 is 24.1 Å². The highest BCUT2D eigenvalue weighted by molar-refractivity contribution is 6.00. The summed E-state index contributed by atoms with van der Waals surface area (Å²) in [5, 5.41) is 18.4. The summed E-state index contributed by atoms with van der Waals surface area (Å²) in [4.78, 5) is 15.6. The molecule has 1 aliphatic rings. The molecule has 37 heavy (non-hydrogen) atoms. The molecule has 190 valence electrons. The van der Waals surface area contributed by atoms with Gasteiger partial charge in [0, 0.05) is 17.7 Å². The number of fused-ring (bicyclic) bond motifs is 1. The molecule has 1 unspecified atom stereocenters. The van der Waals surface area contributed by atoms with E-state index in [1.54, 1.807) is 26.2 Å². The van der Waals surface area contributed by atoms with Gasteiger partial charge >= 0.3 is 0 Å². The number of hydrogen-bond donors (Lipinski definition) is 2. The normalized spacial score (nSPS) is 14.6. The number of carbonyl (C=O) groups excluding carboxylic acids is 1. The number of nitrogens with zero attached hydrogens (tertiary/aromatic N) is 2. The van der Waals surface area contributed by atoms with Crippen molar-refractivity contribution >= 4 is 5.91 Å². The lowest BCUT2D eigenvalue weighted by atomic mass is 9.93. The fourth-order valence-corrected chi connectivity index (χ4v) is 5.00. The van der Waals surface area contributed by atoms with Gasteiger partial charge in [0.05, 0.1) is 27.4 Å². The average molecular weight is 500 g/mol. The molecule has 0 aliphatic carbocycles. The summed E-state index contributed by atoms with van der Waals surface area (Å²) in [7, 11) is 4.79. The van der Waals surface area contributed by atoms with Crippen LogP contribution in [0, 0.1) is 13.8 Å². The summed E-state index contributed by atoms with van der Waals surface area (Å²) >= 11 is 0. The smallest absolute Gasteiger partial charge is 0.273 e. The van der Waals surface area contributed by atoms with Gasteiger partial charge in [0.1, 0.15) is 22.9 Å². The van der Waals surface area contributed by atoms with Gasteiger partial charge in [-0.2, -0.15) is 5.10 Å². The zero-order valence-electron chi connectivity index (χ0n) is 21.5. The van der Waals surface area contributed by atoms with Crippen molar-refractivity contribution in [1.29, 1.82) is 0 Å². The van der Waals surface area contributed by atoms with Gasteiger partial charge in [-0.3, -0.25) is 9.89 Å². The molecule has 2 N–H and O–H groups in total. The second-order valence-corrected chi connectivity index (χ2v) is 9.14. The van der Waals surface area contributed by atoms with E-state index in [4.69, 9.17) is 14.2 Å². The van der Waals surface area contributed by atoms with Gasteiger partial charge in [0.2, 0.25) is 0 Å². The van der Waals surface area contributed by atoms with Crippen LogP contribution in [0.25, 0.3) is 11.3 Å². The number of phenolic OH excluding ortho intramolecular Hbond substituents is 1. The van der Waals surface area contributed by atoms with Gasteiger partial charge in [-0.05, 0) is 66.4 Å². The maximum atomic E-state index is 13.8. The Morgan fingerprint density at radius 2 is 1.68 bits per heavy atom. The lowest BCUT2D eigenvalue weighted by molar-refractivity contribution is 0.0730. The Hall–Kier alpha value is -4.46. The predicted molar refractivity (Wildman–Crippen MR) is 139 cm³/mol. The Kier molecular flexibility index (Phi) is 6.25. The molecule has 0 saturated carbocycles. The maximum Gasteiger partial charge on any atom is 0.273 e. The maximum absolute atomic E-state index is 13.8. The highest BCUT2D eigenvalue weighted by atomic mass is 16.5. The Labute approximate surface area is 215 Å². The molecular formula is C29H29N3O5. The van der Waals surface area contributed by atoms with Gasteiger partial charge in [-0.25, -0.2) is 0 Å².